The summed E-state index contributed by atoms with van der Waals surface area (Å²) in [4.78, 5) is 2.29. The molecular formula is C15H26N2O. The van der Waals surface area contributed by atoms with Crippen LogP contribution in [0.4, 0.5) is 5.69 Å². The maximum Gasteiger partial charge on any atom is 0.0479 e. The molecule has 0 aromatic heterocycles. The van der Waals surface area contributed by atoms with Gasteiger partial charge in [-0.25, -0.2) is 0 Å². The highest BCUT2D eigenvalue weighted by Gasteiger charge is 2.09. The van der Waals surface area contributed by atoms with Crippen LogP contribution in [0.1, 0.15) is 24.5 Å². The molecule has 3 heteroatoms. The average Bonchev–Trinajstić information content (AvgIpc) is 2.28. The van der Waals surface area contributed by atoms with E-state index in [0.717, 1.165) is 26.0 Å². The van der Waals surface area contributed by atoms with Crippen LogP contribution in [-0.4, -0.2) is 33.4 Å². The van der Waals surface area contributed by atoms with Crippen LogP contribution in [0, 0.1) is 6.92 Å². The topological polar surface area (TPSA) is 38.5 Å². The van der Waals surface area contributed by atoms with Crippen molar-refractivity contribution in [3.8, 4) is 0 Å². The van der Waals surface area contributed by atoms with Gasteiger partial charge in [0.1, 0.15) is 0 Å². The van der Waals surface area contributed by atoms with Crippen LogP contribution in [0.25, 0.3) is 0 Å². The molecule has 0 saturated heterocycles. The van der Waals surface area contributed by atoms with Crippen molar-refractivity contribution < 1.29 is 4.74 Å². The Morgan fingerprint density at radius 1 is 1.39 bits per heavy atom. The van der Waals surface area contributed by atoms with E-state index in [4.69, 9.17) is 10.5 Å². The third-order valence-electron chi connectivity index (χ3n) is 3.03. The summed E-state index contributed by atoms with van der Waals surface area (Å²) in [6.07, 6.45) is 1.96. The number of rotatable bonds is 7. The van der Waals surface area contributed by atoms with E-state index in [9.17, 15) is 0 Å². The van der Waals surface area contributed by atoms with Gasteiger partial charge in [-0.2, -0.15) is 0 Å². The molecule has 0 fully saturated rings. The van der Waals surface area contributed by atoms with E-state index >= 15 is 0 Å². The molecule has 0 bridgehead atoms. The Balaban J connectivity index is 2.78. The van der Waals surface area contributed by atoms with E-state index in [-0.39, 0.29) is 6.04 Å². The molecular weight excluding hydrogens is 224 g/mol. The minimum Gasteiger partial charge on any atom is -0.385 e. The van der Waals surface area contributed by atoms with Crippen molar-refractivity contribution in [3.63, 3.8) is 0 Å². The van der Waals surface area contributed by atoms with Crippen molar-refractivity contribution in [2.75, 3.05) is 32.2 Å². The molecule has 0 amide bonds. The van der Waals surface area contributed by atoms with E-state index in [1.807, 2.05) is 0 Å². The summed E-state index contributed by atoms with van der Waals surface area (Å²) in [7, 11) is 3.87. The largest absolute Gasteiger partial charge is 0.385 e. The van der Waals surface area contributed by atoms with Gasteiger partial charge in [-0.05, 0) is 38.3 Å². The Bertz CT molecular complexity index is 364. The summed E-state index contributed by atoms with van der Waals surface area (Å²) in [5.74, 6) is 0. The van der Waals surface area contributed by atoms with Gasteiger partial charge in [-0.15, -0.1) is 0 Å². The van der Waals surface area contributed by atoms with Crippen molar-refractivity contribution in [2.45, 2.75) is 32.7 Å². The first-order valence-corrected chi connectivity index (χ1v) is 6.59. The highest BCUT2D eigenvalue weighted by Crippen LogP contribution is 2.22. The van der Waals surface area contributed by atoms with E-state index < -0.39 is 0 Å². The van der Waals surface area contributed by atoms with Gasteiger partial charge in [0.2, 0.25) is 0 Å². The van der Waals surface area contributed by atoms with E-state index in [0.29, 0.717) is 0 Å². The quantitative estimate of drug-likeness (QED) is 0.755. The minimum absolute atomic E-state index is 0.193. The van der Waals surface area contributed by atoms with Crippen molar-refractivity contribution >= 4 is 5.69 Å². The monoisotopic (exact) mass is 250 g/mol. The average molecular weight is 250 g/mol. The van der Waals surface area contributed by atoms with Gasteiger partial charge in [0.15, 0.2) is 0 Å². The molecule has 0 spiro atoms. The molecule has 0 aliphatic heterocycles. The molecule has 0 saturated carbocycles. The van der Waals surface area contributed by atoms with Crippen LogP contribution >= 0.6 is 0 Å². The van der Waals surface area contributed by atoms with Crippen LogP contribution in [0.15, 0.2) is 18.2 Å². The van der Waals surface area contributed by atoms with Crippen molar-refractivity contribution in [3.05, 3.63) is 29.3 Å². The van der Waals surface area contributed by atoms with E-state index in [2.05, 4.69) is 44.0 Å². The summed E-state index contributed by atoms with van der Waals surface area (Å²) in [6, 6.07) is 6.79. The first kappa shape index (κ1) is 15.0. The van der Waals surface area contributed by atoms with Gasteiger partial charge in [0.05, 0.1) is 0 Å². The Kier molecular flexibility index (Phi) is 6.16. The van der Waals surface area contributed by atoms with Gasteiger partial charge < -0.3 is 15.4 Å². The van der Waals surface area contributed by atoms with Gasteiger partial charge in [-0.1, -0.05) is 17.7 Å². The van der Waals surface area contributed by atoms with Gasteiger partial charge in [0.25, 0.3) is 0 Å². The summed E-state index contributed by atoms with van der Waals surface area (Å²) in [5.41, 5.74) is 9.84. The van der Waals surface area contributed by atoms with Gasteiger partial charge in [-0.3, -0.25) is 0 Å². The maximum atomic E-state index is 5.93. The van der Waals surface area contributed by atoms with Crippen LogP contribution in [0.5, 0.6) is 0 Å². The molecule has 1 rings (SSSR count). The maximum absolute atomic E-state index is 5.93. The minimum atomic E-state index is 0.193. The summed E-state index contributed by atoms with van der Waals surface area (Å²) in [5, 5.41) is 0. The molecule has 102 valence electrons. The molecule has 0 radical (unpaired) electrons. The molecule has 0 aliphatic carbocycles. The Hall–Kier alpha value is -1.06. The molecule has 18 heavy (non-hydrogen) atoms. The SMILES string of the molecule is COCCCN(C)c1ccc(C)cc1CC(C)N. The van der Waals surface area contributed by atoms with Crippen molar-refractivity contribution in [1.29, 1.82) is 0 Å². The summed E-state index contributed by atoms with van der Waals surface area (Å²) >= 11 is 0. The Morgan fingerprint density at radius 2 is 2.11 bits per heavy atom. The molecule has 1 aromatic carbocycles. The lowest BCUT2D eigenvalue weighted by molar-refractivity contribution is 0.196. The molecule has 1 atom stereocenters. The zero-order valence-electron chi connectivity index (χ0n) is 12.1. The van der Waals surface area contributed by atoms with Crippen LogP contribution in [0.3, 0.4) is 0 Å². The molecule has 2 N–H and O–H groups in total. The number of methoxy groups -OCH3 is 1. The predicted molar refractivity (Wildman–Crippen MR) is 78.3 cm³/mol. The lowest BCUT2D eigenvalue weighted by Crippen LogP contribution is -2.24. The highest BCUT2D eigenvalue weighted by molar-refractivity contribution is 5.54. The zero-order valence-corrected chi connectivity index (χ0v) is 12.1. The second kappa shape index (κ2) is 7.39. The predicted octanol–water partition coefficient (Wildman–Crippen LogP) is 2.36. The Labute approximate surface area is 111 Å². The number of anilines is 1. The number of nitrogens with two attached hydrogens (primary N) is 1. The molecule has 3 nitrogen and oxygen atoms in total. The number of benzene rings is 1. The number of aryl methyl sites for hydroxylation is 1. The second-order valence-corrected chi connectivity index (χ2v) is 5.08. The highest BCUT2D eigenvalue weighted by atomic mass is 16.5. The fourth-order valence-corrected chi connectivity index (χ4v) is 2.16. The third kappa shape index (κ3) is 4.67. The standard InChI is InChI=1S/C15H26N2O/c1-12-6-7-15(14(10-12)11-13(2)16)17(3)8-5-9-18-4/h6-7,10,13H,5,8-9,11,16H2,1-4H3. The summed E-state index contributed by atoms with van der Waals surface area (Å²) < 4.78 is 5.10. The zero-order chi connectivity index (χ0) is 13.5. The normalized spacial score (nSPS) is 12.5. The summed E-state index contributed by atoms with van der Waals surface area (Å²) in [6.45, 7) is 5.98. The lowest BCUT2D eigenvalue weighted by atomic mass is 10.0. The number of nitrogens with zero attached hydrogens (tertiary/aromatic N) is 1. The third-order valence-corrected chi connectivity index (χ3v) is 3.03. The van der Waals surface area contributed by atoms with Crippen molar-refractivity contribution in [1.82, 2.24) is 0 Å². The molecule has 0 aliphatic rings. The van der Waals surface area contributed by atoms with Crippen molar-refractivity contribution in [2.24, 2.45) is 5.73 Å². The number of hydrogen-bond acceptors (Lipinski definition) is 3. The van der Waals surface area contributed by atoms with Crippen LogP contribution in [0.2, 0.25) is 0 Å². The number of ether oxygens (including phenoxy) is 1. The lowest BCUT2D eigenvalue weighted by Gasteiger charge is -2.23. The smallest absolute Gasteiger partial charge is 0.0479 e. The second-order valence-electron chi connectivity index (χ2n) is 5.08. The number of hydrogen-bond donors (Lipinski definition) is 1. The van der Waals surface area contributed by atoms with Gasteiger partial charge >= 0.3 is 0 Å². The van der Waals surface area contributed by atoms with E-state index in [1.165, 1.54) is 16.8 Å². The molecule has 1 unspecified atom stereocenters. The molecule has 1 aromatic rings. The Morgan fingerprint density at radius 3 is 2.72 bits per heavy atom. The first-order valence-electron chi connectivity index (χ1n) is 6.59. The first-order chi connectivity index (χ1) is 8.54. The fraction of sp³-hybridized carbons (Fsp3) is 0.600. The van der Waals surface area contributed by atoms with Crippen LogP contribution < -0.4 is 10.6 Å². The van der Waals surface area contributed by atoms with Crippen LogP contribution in [-0.2, 0) is 11.2 Å². The molecule has 0 heterocycles. The van der Waals surface area contributed by atoms with E-state index in [1.54, 1.807) is 7.11 Å². The fourth-order valence-electron chi connectivity index (χ4n) is 2.16. The van der Waals surface area contributed by atoms with Gasteiger partial charge in [0, 0.05) is 39.0 Å².